The molecule has 7 heteroatoms. The summed E-state index contributed by atoms with van der Waals surface area (Å²) in [7, 11) is 1.81. The van der Waals surface area contributed by atoms with Gasteiger partial charge in [0.1, 0.15) is 0 Å². The van der Waals surface area contributed by atoms with Gasteiger partial charge in [-0.05, 0) is 37.3 Å². The van der Waals surface area contributed by atoms with Crippen molar-refractivity contribution in [3.63, 3.8) is 0 Å². The van der Waals surface area contributed by atoms with Crippen molar-refractivity contribution < 1.29 is 4.79 Å². The van der Waals surface area contributed by atoms with Crippen molar-refractivity contribution in [2.75, 3.05) is 52.9 Å². The molecular weight excluding hydrogens is 489 g/mol. The van der Waals surface area contributed by atoms with E-state index in [2.05, 4.69) is 51.7 Å². The molecule has 2 unspecified atom stereocenters. The highest BCUT2D eigenvalue weighted by molar-refractivity contribution is 14.0. The number of benzene rings is 1. The normalized spacial score (nSPS) is 22.7. The van der Waals surface area contributed by atoms with Gasteiger partial charge in [-0.2, -0.15) is 0 Å². The zero-order valence-electron chi connectivity index (χ0n) is 18.5. The van der Waals surface area contributed by atoms with Crippen molar-refractivity contribution in [2.45, 2.75) is 32.6 Å². The van der Waals surface area contributed by atoms with Gasteiger partial charge in [0.05, 0.1) is 0 Å². The van der Waals surface area contributed by atoms with E-state index in [0.29, 0.717) is 12.3 Å². The van der Waals surface area contributed by atoms with Crippen molar-refractivity contribution in [3.8, 4) is 0 Å². The van der Waals surface area contributed by atoms with E-state index in [4.69, 9.17) is 0 Å². The van der Waals surface area contributed by atoms with Gasteiger partial charge in [0.25, 0.3) is 0 Å². The van der Waals surface area contributed by atoms with Gasteiger partial charge in [-0.3, -0.25) is 9.79 Å². The summed E-state index contributed by atoms with van der Waals surface area (Å²) in [6.07, 6.45) is 4.22. The third kappa shape index (κ3) is 8.06. The van der Waals surface area contributed by atoms with Crippen LogP contribution in [0.15, 0.2) is 35.3 Å². The number of amides is 1. The van der Waals surface area contributed by atoms with Gasteiger partial charge in [-0.15, -0.1) is 24.0 Å². The Morgan fingerprint density at radius 1 is 1.17 bits per heavy atom. The van der Waals surface area contributed by atoms with E-state index in [1.807, 2.05) is 18.0 Å². The number of piperidine rings is 1. The molecule has 6 nitrogen and oxygen atoms in total. The second kappa shape index (κ2) is 13.1. The van der Waals surface area contributed by atoms with Crippen LogP contribution in [0.3, 0.4) is 0 Å². The van der Waals surface area contributed by atoms with Crippen LogP contribution in [-0.2, 0) is 11.2 Å². The van der Waals surface area contributed by atoms with E-state index in [0.717, 1.165) is 51.0 Å². The van der Waals surface area contributed by atoms with E-state index >= 15 is 0 Å². The van der Waals surface area contributed by atoms with Crippen molar-refractivity contribution in [2.24, 2.45) is 16.8 Å². The van der Waals surface area contributed by atoms with Crippen LogP contribution in [0.1, 0.15) is 31.7 Å². The van der Waals surface area contributed by atoms with Gasteiger partial charge in [-0.1, -0.05) is 37.3 Å². The highest BCUT2D eigenvalue weighted by Crippen LogP contribution is 2.18. The Bertz CT molecular complexity index is 669. The van der Waals surface area contributed by atoms with Crippen LogP contribution < -0.4 is 10.6 Å². The lowest BCUT2D eigenvalue weighted by atomic mass is 10.0. The van der Waals surface area contributed by atoms with Crippen molar-refractivity contribution in [1.82, 2.24) is 20.4 Å². The molecule has 1 aromatic carbocycles. The first-order chi connectivity index (χ1) is 14.1. The van der Waals surface area contributed by atoms with Crippen LogP contribution in [0.25, 0.3) is 0 Å². The zero-order chi connectivity index (χ0) is 20.5. The molecule has 0 bridgehead atoms. The van der Waals surface area contributed by atoms with Gasteiger partial charge in [0.2, 0.25) is 5.91 Å². The minimum Gasteiger partial charge on any atom is -0.356 e. The molecule has 0 aromatic heterocycles. The molecule has 30 heavy (non-hydrogen) atoms. The highest BCUT2D eigenvalue weighted by Gasteiger charge is 2.29. The Morgan fingerprint density at radius 3 is 2.70 bits per heavy atom. The standard InChI is InChI=1S/C23H37N5O.HI/c1-19-7-6-12-27(17-19)14-11-25-23(24-2)26-16-21-15-22(29)28(18-21)13-10-20-8-4-3-5-9-20;/h3-5,8-9,19,21H,6-7,10-18H2,1-2H3,(H2,24,25,26);1H. The van der Waals surface area contributed by atoms with E-state index in [1.165, 1.54) is 31.5 Å². The summed E-state index contributed by atoms with van der Waals surface area (Å²) in [5.41, 5.74) is 1.29. The molecule has 1 amide bonds. The minimum absolute atomic E-state index is 0. The first-order valence-electron chi connectivity index (χ1n) is 11.1. The second-order valence-electron chi connectivity index (χ2n) is 8.57. The number of halogens is 1. The largest absolute Gasteiger partial charge is 0.356 e. The number of hydrogen-bond acceptors (Lipinski definition) is 3. The van der Waals surface area contributed by atoms with Crippen LogP contribution >= 0.6 is 24.0 Å². The monoisotopic (exact) mass is 527 g/mol. The molecule has 0 radical (unpaired) electrons. The lowest BCUT2D eigenvalue weighted by Gasteiger charge is -2.30. The quantitative estimate of drug-likeness (QED) is 0.310. The smallest absolute Gasteiger partial charge is 0.223 e. The lowest BCUT2D eigenvalue weighted by molar-refractivity contribution is -0.127. The van der Waals surface area contributed by atoms with Crippen LogP contribution in [0.5, 0.6) is 0 Å². The highest BCUT2D eigenvalue weighted by atomic mass is 127. The summed E-state index contributed by atoms with van der Waals surface area (Å²) >= 11 is 0. The number of nitrogens with zero attached hydrogens (tertiary/aromatic N) is 3. The Hall–Kier alpha value is -1.35. The fourth-order valence-electron chi connectivity index (χ4n) is 4.40. The zero-order valence-corrected chi connectivity index (χ0v) is 20.8. The van der Waals surface area contributed by atoms with Crippen LogP contribution in [0.4, 0.5) is 0 Å². The van der Waals surface area contributed by atoms with Crippen molar-refractivity contribution >= 4 is 35.8 Å². The Balaban J connectivity index is 0.00000320. The van der Waals surface area contributed by atoms with Crippen molar-refractivity contribution in [3.05, 3.63) is 35.9 Å². The molecular formula is C23H38IN5O. The van der Waals surface area contributed by atoms with Crippen molar-refractivity contribution in [1.29, 1.82) is 0 Å². The predicted molar refractivity (Wildman–Crippen MR) is 134 cm³/mol. The van der Waals surface area contributed by atoms with Gasteiger partial charge >= 0.3 is 0 Å². The molecule has 0 saturated carbocycles. The maximum atomic E-state index is 12.3. The summed E-state index contributed by atoms with van der Waals surface area (Å²) in [6, 6.07) is 10.4. The number of guanidine groups is 1. The summed E-state index contributed by atoms with van der Waals surface area (Å²) in [6.45, 7) is 9.14. The summed E-state index contributed by atoms with van der Waals surface area (Å²) in [4.78, 5) is 21.2. The first-order valence-corrected chi connectivity index (χ1v) is 11.1. The third-order valence-electron chi connectivity index (χ3n) is 6.05. The fourth-order valence-corrected chi connectivity index (χ4v) is 4.40. The fraction of sp³-hybridized carbons (Fsp3) is 0.652. The Morgan fingerprint density at radius 2 is 1.97 bits per heavy atom. The molecule has 3 rings (SSSR count). The summed E-state index contributed by atoms with van der Waals surface area (Å²) in [5.74, 6) is 2.27. The molecule has 2 N–H and O–H groups in total. The van der Waals surface area contributed by atoms with E-state index in [9.17, 15) is 4.79 Å². The maximum Gasteiger partial charge on any atom is 0.223 e. The van der Waals surface area contributed by atoms with Gasteiger partial charge in [0.15, 0.2) is 5.96 Å². The SMILES string of the molecule is CN=C(NCCN1CCCC(C)C1)NCC1CC(=O)N(CCc2ccccc2)C1.I. The summed E-state index contributed by atoms with van der Waals surface area (Å²) in [5, 5.41) is 6.84. The van der Waals surface area contributed by atoms with Gasteiger partial charge in [0, 0.05) is 58.7 Å². The number of rotatable bonds is 8. The Kier molecular flexibility index (Phi) is 10.9. The second-order valence-corrected chi connectivity index (χ2v) is 8.57. The molecule has 0 spiro atoms. The number of aliphatic imine (C=N–C) groups is 1. The molecule has 2 aliphatic heterocycles. The first kappa shape index (κ1) is 24.9. The van der Waals surface area contributed by atoms with Gasteiger partial charge in [-0.25, -0.2) is 0 Å². The van der Waals surface area contributed by atoms with E-state index < -0.39 is 0 Å². The average Bonchev–Trinajstić information content (AvgIpc) is 3.09. The third-order valence-corrected chi connectivity index (χ3v) is 6.05. The van der Waals surface area contributed by atoms with Crippen LogP contribution in [0, 0.1) is 11.8 Å². The molecule has 1 aromatic rings. The average molecular weight is 527 g/mol. The van der Waals surface area contributed by atoms with Crippen LogP contribution in [-0.4, -0.2) is 74.5 Å². The molecule has 2 saturated heterocycles. The predicted octanol–water partition coefficient (Wildman–Crippen LogP) is 2.59. The Labute approximate surface area is 198 Å². The molecule has 168 valence electrons. The molecule has 2 aliphatic rings. The van der Waals surface area contributed by atoms with E-state index in [1.54, 1.807) is 0 Å². The molecule has 0 aliphatic carbocycles. The molecule has 2 heterocycles. The summed E-state index contributed by atoms with van der Waals surface area (Å²) < 4.78 is 0. The van der Waals surface area contributed by atoms with Gasteiger partial charge < -0.3 is 20.4 Å². The maximum absolute atomic E-state index is 12.3. The molecule has 2 atom stereocenters. The lowest BCUT2D eigenvalue weighted by Crippen LogP contribution is -2.44. The number of carbonyl (C=O) groups is 1. The topological polar surface area (TPSA) is 60.0 Å². The number of carbonyl (C=O) groups excluding carboxylic acids is 1. The number of likely N-dealkylation sites (tertiary alicyclic amines) is 2. The number of nitrogens with one attached hydrogen (secondary N) is 2. The van der Waals surface area contributed by atoms with E-state index in [-0.39, 0.29) is 29.9 Å². The number of hydrogen-bond donors (Lipinski definition) is 2. The minimum atomic E-state index is 0. The molecule has 2 fully saturated rings. The van der Waals surface area contributed by atoms with Crippen LogP contribution in [0.2, 0.25) is 0 Å².